The van der Waals surface area contributed by atoms with Crippen LogP contribution in [0.2, 0.25) is 0 Å². The fraction of sp³-hybridized carbons (Fsp3) is 0.300. The van der Waals surface area contributed by atoms with E-state index in [1.54, 1.807) is 12.1 Å². The zero-order valence-electron chi connectivity index (χ0n) is 15.6. The van der Waals surface area contributed by atoms with Gasteiger partial charge in [0, 0.05) is 12.6 Å². The summed E-state index contributed by atoms with van der Waals surface area (Å²) in [5.74, 6) is -0.291. The minimum absolute atomic E-state index is 0.145. The lowest BCUT2D eigenvalue weighted by Crippen LogP contribution is -2.42. The van der Waals surface area contributed by atoms with Gasteiger partial charge in [-0.15, -0.1) is 0 Å². The summed E-state index contributed by atoms with van der Waals surface area (Å²) in [7, 11) is -2.41. The Labute approximate surface area is 164 Å². The minimum atomic E-state index is -3.81. The van der Waals surface area contributed by atoms with Crippen LogP contribution in [-0.4, -0.2) is 38.4 Å². The fourth-order valence-electron chi connectivity index (χ4n) is 3.11. The van der Waals surface area contributed by atoms with E-state index in [0.29, 0.717) is 18.4 Å². The van der Waals surface area contributed by atoms with E-state index in [4.69, 9.17) is 14.7 Å². The van der Waals surface area contributed by atoms with Crippen molar-refractivity contribution in [3.05, 3.63) is 53.6 Å². The molecular weight excluding hydrogens is 380 g/mol. The molecule has 0 spiro atoms. The van der Waals surface area contributed by atoms with Crippen LogP contribution in [0.3, 0.4) is 0 Å². The molecular formula is C20H20N2O5S. The second-order valence-corrected chi connectivity index (χ2v) is 8.38. The van der Waals surface area contributed by atoms with E-state index >= 15 is 0 Å². The molecule has 146 valence electrons. The van der Waals surface area contributed by atoms with Crippen LogP contribution in [0.15, 0.2) is 47.4 Å². The highest BCUT2D eigenvalue weighted by molar-refractivity contribution is 7.89. The van der Waals surface area contributed by atoms with Crippen LogP contribution in [0, 0.1) is 18.3 Å². The van der Waals surface area contributed by atoms with Crippen molar-refractivity contribution in [2.45, 2.75) is 30.7 Å². The van der Waals surface area contributed by atoms with Gasteiger partial charge in [-0.3, -0.25) is 0 Å². The Morgan fingerprint density at radius 1 is 1.18 bits per heavy atom. The van der Waals surface area contributed by atoms with Gasteiger partial charge in [0.25, 0.3) is 0 Å². The molecule has 1 aliphatic heterocycles. The Kier molecular flexibility index (Phi) is 5.68. The van der Waals surface area contributed by atoms with Crippen molar-refractivity contribution < 1.29 is 22.7 Å². The Morgan fingerprint density at radius 3 is 2.54 bits per heavy atom. The molecule has 3 rings (SSSR count). The number of rotatable bonds is 5. The summed E-state index contributed by atoms with van der Waals surface area (Å²) in [6.07, 6.45) is 0.942. The summed E-state index contributed by atoms with van der Waals surface area (Å²) in [6, 6.07) is 12.0. The SMILES string of the molecule is COc1cc(C#N)ccc1OC(=O)[C@@H]1CCCN1S(=O)(=O)c1ccc(C)cc1. The Morgan fingerprint density at radius 2 is 1.89 bits per heavy atom. The number of carbonyl (C=O) groups is 1. The molecule has 0 bridgehead atoms. The standard InChI is InChI=1S/C20H20N2O5S/c1-14-5-8-16(9-6-14)28(24,25)22-11-3-4-17(22)20(23)27-18-10-7-15(13-21)12-19(18)26-2/h5-10,12,17H,3-4,11H2,1-2H3/t17-/m0/s1. The zero-order chi connectivity index (χ0) is 20.3. The van der Waals surface area contributed by atoms with E-state index in [2.05, 4.69) is 0 Å². The molecule has 0 N–H and O–H groups in total. The molecule has 0 radical (unpaired) electrons. The molecule has 1 heterocycles. The van der Waals surface area contributed by atoms with Crippen LogP contribution in [0.1, 0.15) is 24.0 Å². The van der Waals surface area contributed by atoms with Gasteiger partial charge in [0.2, 0.25) is 10.0 Å². The maximum Gasteiger partial charge on any atom is 0.329 e. The van der Waals surface area contributed by atoms with Crippen molar-refractivity contribution in [2.24, 2.45) is 0 Å². The van der Waals surface area contributed by atoms with Crippen molar-refractivity contribution in [2.75, 3.05) is 13.7 Å². The lowest BCUT2D eigenvalue weighted by atomic mass is 10.2. The smallest absolute Gasteiger partial charge is 0.329 e. The lowest BCUT2D eigenvalue weighted by Gasteiger charge is -2.23. The average molecular weight is 400 g/mol. The number of hydrogen-bond acceptors (Lipinski definition) is 6. The summed E-state index contributed by atoms with van der Waals surface area (Å²) in [4.78, 5) is 12.9. The number of sulfonamides is 1. The first-order chi connectivity index (χ1) is 13.4. The third-order valence-electron chi connectivity index (χ3n) is 4.61. The van der Waals surface area contributed by atoms with E-state index in [1.165, 1.54) is 41.7 Å². The average Bonchev–Trinajstić information content (AvgIpc) is 3.19. The molecule has 1 aliphatic rings. The van der Waals surface area contributed by atoms with Crippen molar-refractivity contribution in [3.63, 3.8) is 0 Å². The molecule has 1 fully saturated rings. The van der Waals surface area contributed by atoms with E-state index in [0.717, 1.165) is 5.56 Å². The van der Waals surface area contributed by atoms with Gasteiger partial charge >= 0.3 is 5.97 Å². The molecule has 1 atom stereocenters. The van der Waals surface area contributed by atoms with Gasteiger partial charge in [0.15, 0.2) is 11.5 Å². The summed E-state index contributed by atoms with van der Waals surface area (Å²) < 4.78 is 37.7. The quantitative estimate of drug-likeness (QED) is 0.565. The predicted molar refractivity (Wildman–Crippen MR) is 101 cm³/mol. The first kappa shape index (κ1) is 19.9. The number of benzene rings is 2. The van der Waals surface area contributed by atoms with Gasteiger partial charge in [-0.1, -0.05) is 17.7 Å². The van der Waals surface area contributed by atoms with Crippen LogP contribution in [0.25, 0.3) is 0 Å². The summed E-state index contributed by atoms with van der Waals surface area (Å²) in [6.45, 7) is 2.12. The number of methoxy groups -OCH3 is 1. The number of nitriles is 1. The first-order valence-corrected chi connectivity index (χ1v) is 10.2. The highest BCUT2D eigenvalue weighted by atomic mass is 32.2. The van der Waals surface area contributed by atoms with Crippen molar-refractivity contribution in [1.82, 2.24) is 4.31 Å². The number of carbonyl (C=O) groups excluding carboxylic acids is 1. The normalized spacial score (nSPS) is 17.1. The largest absolute Gasteiger partial charge is 0.493 e. The Bertz CT molecular complexity index is 1030. The molecule has 0 amide bonds. The van der Waals surface area contributed by atoms with Crippen molar-refractivity contribution in [1.29, 1.82) is 5.26 Å². The highest BCUT2D eigenvalue weighted by Gasteiger charge is 2.40. The van der Waals surface area contributed by atoms with Gasteiger partial charge in [-0.05, 0) is 44.0 Å². The molecule has 0 saturated carbocycles. The number of hydrogen-bond donors (Lipinski definition) is 0. The van der Waals surface area contributed by atoms with E-state index in [9.17, 15) is 13.2 Å². The molecule has 1 saturated heterocycles. The molecule has 2 aromatic carbocycles. The zero-order valence-corrected chi connectivity index (χ0v) is 16.4. The fourth-order valence-corrected chi connectivity index (χ4v) is 4.75. The van der Waals surface area contributed by atoms with Crippen LogP contribution in [0.5, 0.6) is 11.5 Å². The van der Waals surface area contributed by atoms with Gasteiger partial charge in [-0.25, -0.2) is 13.2 Å². The van der Waals surface area contributed by atoms with Crippen LogP contribution in [0.4, 0.5) is 0 Å². The third kappa shape index (κ3) is 3.86. The highest BCUT2D eigenvalue weighted by Crippen LogP contribution is 2.31. The number of nitrogens with zero attached hydrogens (tertiary/aromatic N) is 2. The number of esters is 1. The number of aryl methyl sites for hydroxylation is 1. The van der Waals surface area contributed by atoms with E-state index in [-0.39, 0.29) is 22.9 Å². The summed E-state index contributed by atoms with van der Waals surface area (Å²) in [5, 5.41) is 8.97. The van der Waals surface area contributed by atoms with Crippen LogP contribution >= 0.6 is 0 Å². The van der Waals surface area contributed by atoms with Crippen LogP contribution in [-0.2, 0) is 14.8 Å². The molecule has 7 nitrogen and oxygen atoms in total. The maximum absolute atomic E-state index is 13.0. The second-order valence-electron chi connectivity index (χ2n) is 6.49. The maximum atomic E-state index is 13.0. The molecule has 8 heteroatoms. The van der Waals surface area contributed by atoms with Gasteiger partial charge < -0.3 is 9.47 Å². The van der Waals surface area contributed by atoms with E-state index < -0.39 is 22.0 Å². The molecule has 0 aromatic heterocycles. The van der Waals surface area contributed by atoms with E-state index in [1.807, 2.05) is 13.0 Å². The van der Waals surface area contributed by atoms with Gasteiger partial charge in [0.1, 0.15) is 6.04 Å². The third-order valence-corrected chi connectivity index (χ3v) is 6.53. The topological polar surface area (TPSA) is 96.7 Å². The molecule has 2 aromatic rings. The minimum Gasteiger partial charge on any atom is -0.493 e. The molecule has 28 heavy (non-hydrogen) atoms. The Hall–Kier alpha value is -2.89. The van der Waals surface area contributed by atoms with Crippen LogP contribution < -0.4 is 9.47 Å². The second kappa shape index (κ2) is 8.00. The number of ether oxygens (including phenoxy) is 2. The monoisotopic (exact) mass is 400 g/mol. The molecule has 0 aliphatic carbocycles. The molecule has 0 unspecified atom stereocenters. The van der Waals surface area contributed by atoms with Crippen molar-refractivity contribution >= 4 is 16.0 Å². The lowest BCUT2D eigenvalue weighted by molar-refractivity contribution is -0.138. The predicted octanol–water partition coefficient (Wildman–Crippen LogP) is 2.63. The van der Waals surface area contributed by atoms with Crippen molar-refractivity contribution in [3.8, 4) is 17.6 Å². The Balaban J connectivity index is 1.84. The van der Waals surface area contributed by atoms with Gasteiger partial charge in [0.05, 0.1) is 23.6 Å². The summed E-state index contributed by atoms with van der Waals surface area (Å²) >= 11 is 0. The van der Waals surface area contributed by atoms with Gasteiger partial charge in [-0.2, -0.15) is 9.57 Å². The first-order valence-electron chi connectivity index (χ1n) is 8.75. The summed E-state index contributed by atoms with van der Waals surface area (Å²) in [5.41, 5.74) is 1.31.